The molecule has 0 aromatic rings. The van der Waals surface area contributed by atoms with Gasteiger partial charge in [-0.25, -0.2) is 0 Å². The summed E-state index contributed by atoms with van der Waals surface area (Å²) in [5.74, 6) is 0.284. The number of likely N-dealkylation sites (tertiary alicyclic amines) is 1. The second kappa shape index (κ2) is 4.19. The maximum atomic E-state index is 12.1. The van der Waals surface area contributed by atoms with E-state index in [1.165, 1.54) is 0 Å². The Labute approximate surface area is 98.2 Å². The molecule has 3 heteroatoms. The van der Waals surface area contributed by atoms with Gasteiger partial charge in [-0.2, -0.15) is 0 Å². The molecule has 0 atom stereocenters. The Bertz CT molecular complexity index is 300. The highest BCUT2D eigenvalue weighted by atomic mass is 16.2. The van der Waals surface area contributed by atoms with Crippen LogP contribution < -0.4 is 0 Å². The molecule has 0 unspecified atom stereocenters. The van der Waals surface area contributed by atoms with Crippen LogP contribution in [0.4, 0.5) is 0 Å². The summed E-state index contributed by atoms with van der Waals surface area (Å²) in [7, 11) is 0. The number of piperidine rings is 1. The SMILES string of the molecule is CC(C)(C)CC(=O)N1CCCC(=O)C1(C)C. The van der Waals surface area contributed by atoms with Gasteiger partial charge in [0.05, 0.1) is 5.54 Å². The molecule has 1 saturated heterocycles. The summed E-state index contributed by atoms with van der Waals surface area (Å²) in [6.07, 6.45) is 1.91. The fourth-order valence-corrected chi connectivity index (χ4v) is 2.12. The fourth-order valence-electron chi connectivity index (χ4n) is 2.12. The molecule has 0 radical (unpaired) electrons. The molecule has 92 valence electrons. The molecule has 1 rings (SSSR count). The lowest BCUT2D eigenvalue weighted by atomic mass is 9.86. The van der Waals surface area contributed by atoms with E-state index >= 15 is 0 Å². The second-order valence-electron chi connectivity index (χ2n) is 6.37. The lowest BCUT2D eigenvalue weighted by Crippen LogP contribution is -2.56. The topological polar surface area (TPSA) is 37.4 Å². The number of ketones is 1. The number of amides is 1. The summed E-state index contributed by atoms with van der Waals surface area (Å²) in [5, 5.41) is 0. The average Bonchev–Trinajstić information content (AvgIpc) is 2.06. The minimum atomic E-state index is -0.611. The van der Waals surface area contributed by atoms with Gasteiger partial charge >= 0.3 is 0 Å². The first kappa shape index (κ1) is 13.2. The predicted molar refractivity (Wildman–Crippen MR) is 64.1 cm³/mol. The van der Waals surface area contributed by atoms with Gasteiger partial charge in [-0.15, -0.1) is 0 Å². The van der Waals surface area contributed by atoms with Gasteiger partial charge < -0.3 is 4.90 Å². The highest BCUT2D eigenvalue weighted by molar-refractivity contribution is 5.93. The summed E-state index contributed by atoms with van der Waals surface area (Å²) in [4.78, 5) is 25.7. The summed E-state index contributed by atoms with van der Waals surface area (Å²) in [5.41, 5.74) is -0.631. The van der Waals surface area contributed by atoms with Crippen LogP contribution in [0.3, 0.4) is 0 Å². The number of hydrogen-bond acceptors (Lipinski definition) is 2. The molecule has 1 aliphatic rings. The zero-order chi connectivity index (χ0) is 12.6. The van der Waals surface area contributed by atoms with Crippen molar-refractivity contribution in [2.45, 2.75) is 59.4 Å². The normalized spacial score (nSPS) is 21.1. The van der Waals surface area contributed by atoms with Crippen LogP contribution in [-0.4, -0.2) is 28.7 Å². The molecule has 1 heterocycles. The van der Waals surface area contributed by atoms with E-state index in [0.29, 0.717) is 19.4 Å². The molecule has 1 fully saturated rings. The van der Waals surface area contributed by atoms with E-state index in [2.05, 4.69) is 0 Å². The lowest BCUT2D eigenvalue weighted by Gasteiger charge is -2.42. The number of hydrogen-bond donors (Lipinski definition) is 0. The van der Waals surface area contributed by atoms with Crippen molar-refractivity contribution in [3.63, 3.8) is 0 Å². The van der Waals surface area contributed by atoms with E-state index < -0.39 is 5.54 Å². The molecule has 0 bridgehead atoms. The molecule has 16 heavy (non-hydrogen) atoms. The van der Waals surface area contributed by atoms with Crippen LogP contribution in [0.25, 0.3) is 0 Å². The maximum absolute atomic E-state index is 12.1. The zero-order valence-electron chi connectivity index (χ0n) is 11.1. The third kappa shape index (κ3) is 2.83. The van der Waals surface area contributed by atoms with E-state index in [-0.39, 0.29) is 17.1 Å². The quantitative estimate of drug-likeness (QED) is 0.687. The largest absolute Gasteiger partial charge is 0.330 e. The first-order valence-electron chi connectivity index (χ1n) is 5.98. The minimum absolute atomic E-state index is 0.0202. The van der Waals surface area contributed by atoms with Gasteiger partial charge in [0.2, 0.25) is 5.91 Å². The van der Waals surface area contributed by atoms with Gasteiger partial charge in [0.1, 0.15) is 0 Å². The fraction of sp³-hybridized carbons (Fsp3) is 0.846. The van der Waals surface area contributed by atoms with Crippen molar-refractivity contribution in [2.75, 3.05) is 6.54 Å². The number of carbonyl (C=O) groups is 2. The monoisotopic (exact) mass is 225 g/mol. The molecule has 1 amide bonds. The predicted octanol–water partition coefficient (Wildman–Crippen LogP) is 2.39. The van der Waals surface area contributed by atoms with Crippen LogP contribution >= 0.6 is 0 Å². The first-order valence-corrected chi connectivity index (χ1v) is 5.98. The molecule has 0 aliphatic carbocycles. The average molecular weight is 225 g/mol. The number of rotatable bonds is 1. The Morgan fingerprint density at radius 3 is 2.44 bits per heavy atom. The van der Waals surface area contributed by atoms with Gasteiger partial charge in [-0.05, 0) is 25.7 Å². The Balaban J connectivity index is 2.79. The summed E-state index contributed by atoms with van der Waals surface area (Å²) >= 11 is 0. The maximum Gasteiger partial charge on any atom is 0.223 e. The van der Waals surface area contributed by atoms with Crippen molar-refractivity contribution in [2.24, 2.45) is 5.41 Å². The lowest BCUT2D eigenvalue weighted by molar-refractivity contribution is -0.149. The van der Waals surface area contributed by atoms with Crippen LogP contribution in [-0.2, 0) is 9.59 Å². The van der Waals surface area contributed by atoms with Gasteiger partial charge in [-0.1, -0.05) is 20.8 Å². The molecule has 0 N–H and O–H groups in total. The van der Waals surface area contributed by atoms with Gasteiger partial charge in [0, 0.05) is 19.4 Å². The van der Waals surface area contributed by atoms with E-state index in [9.17, 15) is 9.59 Å². The number of nitrogens with zero attached hydrogens (tertiary/aromatic N) is 1. The van der Waals surface area contributed by atoms with Crippen molar-refractivity contribution in [1.82, 2.24) is 4.90 Å². The molecular formula is C13H23NO2. The van der Waals surface area contributed by atoms with E-state index in [0.717, 1.165) is 6.42 Å². The van der Waals surface area contributed by atoms with Crippen LogP contribution in [0, 0.1) is 5.41 Å². The zero-order valence-corrected chi connectivity index (χ0v) is 11.1. The molecule has 0 aromatic carbocycles. The Hall–Kier alpha value is -0.860. The molecule has 1 aliphatic heterocycles. The number of carbonyl (C=O) groups excluding carboxylic acids is 2. The molecule has 0 aromatic heterocycles. The molecule has 0 saturated carbocycles. The Morgan fingerprint density at radius 1 is 1.38 bits per heavy atom. The minimum Gasteiger partial charge on any atom is -0.330 e. The first-order chi connectivity index (χ1) is 7.14. The van der Waals surface area contributed by atoms with Crippen molar-refractivity contribution in [3.8, 4) is 0 Å². The van der Waals surface area contributed by atoms with Crippen LogP contribution in [0.2, 0.25) is 0 Å². The highest BCUT2D eigenvalue weighted by Crippen LogP contribution is 2.28. The van der Waals surface area contributed by atoms with Crippen molar-refractivity contribution in [1.29, 1.82) is 0 Å². The Morgan fingerprint density at radius 2 is 1.94 bits per heavy atom. The van der Waals surface area contributed by atoms with Crippen molar-refractivity contribution < 1.29 is 9.59 Å². The van der Waals surface area contributed by atoms with E-state index in [1.54, 1.807) is 4.90 Å². The smallest absolute Gasteiger partial charge is 0.223 e. The molecular weight excluding hydrogens is 202 g/mol. The van der Waals surface area contributed by atoms with Crippen LogP contribution in [0.5, 0.6) is 0 Å². The molecule has 0 spiro atoms. The van der Waals surface area contributed by atoms with Gasteiger partial charge in [-0.3, -0.25) is 9.59 Å². The van der Waals surface area contributed by atoms with Gasteiger partial charge in [0.25, 0.3) is 0 Å². The van der Waals surface area contributed by atoms with E-state index in [1.807, 2.05) is 34.6 Å². The highest BCUT2D eigenvalue weighted by Gasteiger charge is 2.40. The van der Waals surface area contributed by atoms with Gasteiger partial charge in [0.15, 0.2) is 5.78 Å². The molecule has 3 nitrogen and oxygen atoms in total. The van der Waals surface area contributed by atoms with Crippen LogP contribution in [0.15, 0.2) is 0 Å². The third-order valence-corrected chi connectivity index (χ3v) is 3.13. The van der Waals surface area contributed by atoms with Crippen LogP contribution in [0.1, 0.15) is 53.9 Å². The third-order valence-electron chi connectivity index (χ3n) is 3.13. The Kier molecular flexibility index (Phi) is 3.46. The summed E-state index contributed by atoms with van der Waals surface area (Å²) < 4.78 is 0. The second-order valence-corrected chi connectivity index (χ2v) is 6.37. The summed E-state index contributed by atoms with van der Waals surface area (Å²) in [6.45, 7) is 10.6. The van der Waals surface area contributed by atoms with Crippen molar-refractivity contribution in [3.05, 3.63) is 0 Å². The standard InChI is InChI=1S/C13H23NO2/c1-12(2,3)9-11(16)14-8-6-7-10(15)13(14,4)5/h6-9H2,1-5H3. The van der Waals surface area contributed by atoms with E-state index in [4.69, 9.17) is 0 Å². The number of Topliss-reactive ketones (excluding diaryl/α,β-unsaturated/α-hetero) is 1. The summed E-state index contributed by atoms with van der Waals surface area (Å²) in [6, 6.07) is 0. The van der Waals surface area contributed by atoms with Crippen molar-refractivity contribution >= 4 is 11.7 Å².